The van der Waals surface area contributed by atoms with Crippen molar-refractivity contribution in [1.29, 1.82) is 0 Å². The lowest BCUT2D eigenvalue weighted by Gasteiger charge is -2.20. The molecule has 0 N–H and O–H groups in total. The van der Waals surface area contributed by atoms with Gasteiger partial charge in [0.05, 0.1) is 39.6 Å². The minimum atomic E-state index is -1.55. The van der Waals surface area contributed by atoms with Gasteiger partial charge in [0.15, 0.2) is 0 Å². The molecule has 0 bridgehead atoms. The summed E-state index contributed by atoms with van der Waals surface area (Å²) in [6, 6.07) is 43.9. The smallest absolute Gasteiger partial charge is 0.269 e. The average Bonchev–Trinajstić information content (AvgIpc) is 3.78. The van der Waals surface area contributed by atoms with Crippen LogP contribution in [-0.2, 0) is 17.2 Å². The molecule has 9 rings (SSSR count). The molecule has 0 radical (unpaired) electrons. The summed E-state index contributed by atoms with van der Waals surface area (Å²) < 4.78 is 31.0. The Labute approximate surface area is 356 Å². The highest BCUT2D eigenvalue weighted by atomic mass is 16.5. The Morgan fingerprint density at radius 1 is 0.633 bits per heavy atom. The Hall–Kier alpha value is -6.53. The summed E-state index contributed by atoms with van der Waals surface area (Å²) in [5.74, 6) is 2.11. The van der Waals surface area contributed by atoms with E-state index in [1.165, 1.54) is 16.7 Å². The zero-order valence-corrected chi connectivity index (χ0v) is 36.0. The van der Waals surface area contributed by atoms with Gasteiger partial charge < -0.3 is 4.74 Å². The van der Waals surface area contributed by atoms with Gasteiger partial charge in [-0.05, 0) is 106 Å². The van der Waals surface area contributed by atoms with Gasteiger partial charge in [-0.2, -0.15) is 0 Å². The minimum absolute atomic E-state index is 0.0502. The maximum absolute atomic E-state index is 9.01. The number of imidazole rings is 1. The van der Waals surface area contributed by atoms with Crippen molar-refractivity contribution in [2.24, 2.45) is 5.41 Å². The van der Waals surface area contributed by atoms with Gasteiger partial charge in [-0.3, -0.25) is 18.7 Å². The van der Waals surface area contributed by atoms with E-state index in [9.17, 15) is 0 Å². The van der Waals surface area contributed by atoms with Gasteiger partial charge in [0.1, 0.15) is 17.3 Å². The predicted molar refractivity (Wildman–Crippen MR) is 246 cm³/mol. The number of hydrogen-bond donors (Lipinski definition) is 0. The molecule has 6 heteroatoms. The van der Waals surface area contributed by atoms with E-state index in [0.29, 0.717) is 17.1 Å². The summed E-state index contributed by atoms with van der Waals surface area (Å²) in [5, 5.41) is 2.24. The van der Waals surface area contributed by atoms with Crippen LogP contribution >= 0.6 is 0 Å². The van der Waals surface area contributed by atoms with Crippen LogP contribution in [-0.4, -0.2) is 19.1 Å². The van der Waals surface area contributed by atoms with Crippen LogP contribution in [0.1, 0.15) is 81.7 Å². The number of fused-ring (bicyclic) bond motifs is 4. The van der Waals surface area contributed by atoms with Gasteiger partial charge in [0.25, 0.3) is 6.33 Å². The van der Waals surface area contributed by atoms with Crippen molar-refractivity contribution < 1.29 is 12.0 Å². The van der Waals surface area contributed by atoms with Crippen LogP contribution in [0, 0.1) is 11.7 Å². The fourth-order valence-electron chi connectivity index (χ4n) is 7.97. The summed E-state index contributed by atoms with van der Waals surface area (Å²) >= 11 is 0. The highest BCUT2D eigenvalue weighted by molar-refractivity contribution is 6.10. The molecule has 60 heavy (non-hydrogen) atoms. The summed E-state index contributed by atoms with van der Waals surface area (Å²) in [6.07, 6.45) is 7.53. The fourth-order valence-corrected chi connectivity index (χ4v) is 7.97. The van der Waals surface area contributed by atoms with E-state index in [0.717, 1.165) is 55.6 Å². The van der Waals surface area contributed by atoms with E-state index in [2.05, 4.69) is 142 Å². The van der Waals surface area contributed by atoms with Crippen LogP contribution in [0.3, 0.4) is 0 Å². The molecular formula is C54H53N5O. The second-order valence-electron chi connectivity index (χ2n) is 18.9. The van der Waals surface area contributed by atoms with Crippen LogP contribution in [0.4, 0.5) is 0 Å². The topological polar surface area (TPSA) is 48.8 Å². The van der Waals surface area contributed by atoms with Crippen molar-refractivity contribution >= 4 is 32.8 Å². The molecule has 0 aliphatic carbocycles. The molecule has 4 heterocycles. The van der Waals surface area contributed by atoms with Gasteiger partial charge in [-0.1, -0.05) is 129 Å². The summed E-state index contributed by atoms with van der Waals surface area (Å²) in [7, 11) is 0. The van der Waals surface area contributed by atoms with Gasteiger partial charge in [0, 0.05) is 32.0 Å². The van der Waals surface area contributed by atoms with Crippen molar-refractivity contribution in [2.45, 2.75) is 79.5 Å². The molecule has 0 saturated carbocycles. The van der Waals surface area contributed by atoms with E-state index in [4.69, 9.17) is 12.5 Å². The first-order chi connectivity index (χ1) is 29.4. The standard InChI is InChI=1S/C54H53N5O/c1-52(2,3)32-36-14-13-17-41(26-36)57-35-58(50-28-39(53(4,5)6)19-23-48(50)57)42-30-44(34-55-33-42)60-43-20-21-45-46-27-38(37-15-11-10-12-16-37)18-22-47(46)59(49(45)31-43)51-29-40(24-25-56-51)54(7,8)9/h10-31,33-34H,32H2,1-9H3/i32D2. The van der Waals surface area contributed by atoms with Crippen molar-refractivity contribution in [1.82, 2.24) is 19.1 Å². The Morgan fingerprint density at radius 2 is 1.42 bits per heavy atom. The summed E-state index contributed by atoms with van der Waals surface area (Å²) in [6.45, 7) is 19.1. The third-order valence-corrected chi connectivity index (χ3v) is 11.0. The number of hydrogen-bond acceptors (Lipinski definition) is 3. The van der Waals surface area contributed by atoms with Crippen molar-refractivity contribution in [2.75, 3.05) is 0 Å². The molecule has 6 nitrogen and oxygen atoms in total. The second-order valence-corrected chi connectivity index (χ2v) is 18.9. The number of nitrogens with zero attached hydrogens (tertiary/aromatic N) is 5. The van der Waals surface area contributed by atoms with Crippen LogP contribution in [0.15, 0.2) is 146 Å². The lowest BCUT2D eigenvalue weighted by atomic mass is 9.87. The Balaban J connectivity index is 1.15. The normalized spacial score (nSPS) is 13.2. The lowest BCUT2D eigenvalue weighted by Crippen LogP contribution is -2.29. The first-order valence-corrected chi connectivity index (χ1v) is 20.7. The van der Waals surface area contributed by atoms with Crippen molar-refractivity contribution in [3.8, 4) is 39.8 Å². The largest absolute Gasteiger partial charge is 0.456 e. The molecule has 0 aliphatic rings. The van der Waals surface area contributed by atoms with Crippen molar-refractivity contribution in [3.63, 3.8) is 0 Å². The fraction of sp³-hybridized carbons (Fsp3) is 0.241. The molecule has 0 atom stereocenters. The highest BCUT2D eigenvalue weighted by Crippen LogP contribution is 2.38. The zero-order chi connectivity index (χ0) is 43.8. The quantitative estimate of drug-likeness (QED) is 0.119. The lowest BCUT2D eigenvalue weighted by molar-refractivity contribution is -0.572. The van der Waals surface area contributed by atoms with E-state index in [-0.39, 0.29) is 10.8 Å². The Morgan fingerprint density at radius 3 is 2.18 bits per heavy atom. The van der Waals surface area contributed by atoms with Crippen molar-refractivity contribution in [3.05, 3.63) is 169 Å². The van der Waals surface area contributed by atoms with Crippen LogP contribution < -0.4 is 9.30 Å². The number of pyridine rings is 2. The van der Waals surface area contributed by atoms with Gasteiger partial charge in [0.2, 0.25) is 0 Å². The summed E-state index contributed by atoms with van der Waals surface area (Å²) in [5.41, 5.74) is 10.2. The molecule has 300 valence electrons. The first kappa shape index (κ1) is 36.5. The SMILES string of the molecule is [2H]C([2H])(c1cccc(-[n+]2[c-]n(-c3cncc(Oc4ccc5c6cc(-c7ccccc7)ccc6n(-c6cc(C(C)(C)C)ccn6)c5c4)c3)c3cc(C(C)(C)C)ccc32)c1)C(C)(C)C. The first-order valence-electron chi connectivity index (χ1n) is 21.7. The zero-order valence-electron chi connectivity index (χ0n) is 38.0. The number of aromatic nitrogens is 5. The minimum Gasteiger partial charge on any atom is -0.456 e. The molecule has 4 aromatic heterocycles. The molecule has 0 saturated heterocycles. The monoisotopic (exact) mass is 789 g/mol. The van der Waals surface area contributed by atoms with Crippen LogP contribution in [0.2, 0.25) is 0 Å². The third kappa shape index (κ3) is 7.59. The van der Waals surface area contributed by atoms with Crippen LogP contribution in [0.25, 0.3) is 61.2 Å². The molecule has 0 fully saturated rings. The second kappa shape index (κ2) is 14.6. The molecule has 0 aliphatic heterocycles. The third-order valence-electron chi connectivity index (χ3n) is 11.0. The van der Waals surface area contributed by atoms with E-state index < -0.39 is 11.8 Å². The van der Waals surface area contributed by atoms with Gasteiger partial charge in [-0.15, -0.1) is 0 Å². The molecule has 5 aromatic carbocycles. The number of ether oxygens (including phenoxy) is 1. The summed E-state index contributed by atoms with van der Waals surface area (Å²) in [4.78, 5) is 9.60. The van der Waals surface area contributed by atoms with E-state index in [1.54, 1.807) is 6.20 Å². The van der Waals surface area contributed by atoms with Gasteiger partial charge >= 0.3 is 0 Å². The highest BCUT2D eigenvalue weighted by Gasteiger charge is 2.22. The predicted octanol–water partition coefficient (Wildman–Crippen LogP) is 13.2. The average molecular weight is 790 g/mol. The molecule has 0 amide bonds. The van der Waals surface area contributed by atoms with Gasteiger partial charge in [-0.25, -0.2) is 4.98 Å². The Bertz CT molecular complexity index is 3140. The van der Waals surface area contributed by atoms with Crippen LogP contribution in [0.5, 0.6) is 11.5 Å². The molecule has 0 spiro atoms. The number of rotatable bonds is 7. The maximum Gasteiger partial charge on any atom is 0.269 e. The molecule has 0 unspecified atom stereocenters. The van der Waals surface area contributed by atoms with E-state index in [1.807, 2.05) is 84.8 Å². The Kier molecular flexibility index (Phi) is 8.91. The maximum atomic E-state index is 9.01. The van der Waals surface area contributed by atoms with E-state index >= 15 is 0 Å². The number of benzene rings is 5. The molecular weight excluding hydrogens is 735 g/mol. The molecule has 9 aromatic rings.